The highest BCUT2D eigenvalue weighted by molar-refractivity contribution is 9.10. The van der Waals surface area contributed by atoms with Gasteiger partial charge in [0.1, 0.15) is 5.75 Å². The normalized spacial score (nSPS) is 17.7. The van der Waals surface area contributed by atoms with Gasteiger partial charge in [0.2, 0.25) is 0 Å². The summed E-state index contributed by atoms with van der Waals surface area (Å²) in [6, 6.07) is 3.80. The number of methoxy groups -OCH3 is 1. The summed E-state index contributed by atoms with van der Waals surface area (Å²) in [4.78, 5) is 12.1. The summed E-state index contributed by atoms with van der Waals surface area (Å²) in [6.07, 6.45) is 0.789. The van der Waals surface area contributed by atoms with Crippen molar-refractivity contribution in [3.8, 4) is 5.75 Å². The monoisotopic (exact) mass is 268 g/mol. The Balaban J connectivity index is 2.60. The van der Waals surface area contributed by atoms with Gasteiger partial charge in [-0.05, 0) is 40.0 Å². The van der Waals surface area contributed by atoms with Crippen LogP contribution in [0.4, 0.5) is 0 Å². The third-order valence-electron chi connectivity index (χ3n) is 2.86. The summed E-state index contributed by atoms with van der Waals surface area (Å²) in [5.41, 5.74) is 1.62. The number of fused-ring (bicyclic) bond motifs is 1. The highest BCUT2D eigenvalue weighted by Crippen LogP contribution is 2.41. The second-order valence-electron chi connectivity index (χ2n) is 4.53. The average Bonchev–Trinajstić information content (AvgIpc) is 2.37. The Morgan fingerprint density at radius 2 is 2.07 bits per heavy atom. The van der Waals surface area contributed by atoms with Crippen molar-refractivity contribution in [2.24, 2.45) is 5.41 Å². The fraction of sp³-hybridized carbons (Fsp3) is 0.417. The van der Waals surface area contributed by atoms with Gasteiger partial charge in [-0.15, -0.1) is 0 Å². The number of carbonyl (C=O) groups is 1. The van der Waals surface area contributed by atoms with Gasteiger partial charge in [0.25, 0.3) is 0 Å². The number of rotatable bonds is 1. The third kappa shape index (κ3) is 1.59. The molecule has 0 aliphatic heterocycles. The topological polar surface area (TPSA) is 26.3 Å². The van der Waals surface area contributed by atoms with Crippen LogP contribution in [0, 0.1) is 5.41 Å². The average molecular weight is 269 g/mol. The number of hydrogen-bond acceptors (Lipinski definition) is 2. The van der Waals surface area contributed by atoms with Crippen LogP contribution in [-0.4, -0.2) is 12.9 Å². The van der Waals surface area contributed by atoms with Crippen LogP contribution >= 0.6 is 15.9 Å². The van der Waals surface area contributed by atoms with Crippen LogP contribution in [0.15, 0.2) is 16.6 Å². The molecule has 0 heterocycles. The molecule has 2 nitrogen and oxygen atoms in total. The van der Waals surface area contributed by atoms with Crippen LogP contribution in [0.2, 0.25) is 0 Å². The summed E-state index contributed by atoms with van der Waals surface area (Å²) < 4.78 is 6.02. The van der Waals surface area contributed by atoms with Gasteiger partial charge in [0.15, 0.2) is 5.78 Å². The molecule has 0 atom stereocenters. The highest BCUT2D eigenvalue weighted by atomic mass is 79.9. The minimum atomic E-state index is -0.281. The molecule has 1 aromatic carbocycles. The maximum absolute atomic E-state index is 12.1. The summed E-state index contributed by atoms with van der Waals surface area (Å²) in [7, 11) is 1.64. The predicted molar refractivity (Wildman–Crippen MR) is 62.5 cm³/mol. The molecular formula is C12H13BrO2. The molecule has 1 aromatic rings. The summed E-state index contributed by atoms with van der Waals surface area (Å²) in [6.45, 7) is 3.96. The van der Waals surface area contributed by atoms with E-state index in [2.05, 4.69) is 15.9 Å². The Labute approximate surface area is 97.8 Å². The predicted octanol–water partition coefficient (Wildman–Crippen LogP) is 3.22. The van der Waals surface area contributed by atoms with Crippen LogP contribution in [0.3, 0.4) is 0 Å². The number of ketones is 1. The first-order chi connectivity index (χ1) is 6.95. The van der Waals surface area contributed by atoms with Gasteiger partial charge in [-0.3, -0.25) is 4.79 Å². The Morgan fingerprint density at radius 3 is 2.67 bits per heavy atom. The lowest BCUT2D eigenvalue weighted by Crippen LogP contribution is -2.19. The molecule has 0 N–H and O–H groups in total. The molecule has 0 unspecified atom stereocenters. The quantitative estimate of drug-likeness (QED) is 0.782. The SMILES string of the molecule is COc1cc(Br)c2c(c1)CC(C)(C)C2=O. The van der Waals surface area contributed by atoms with E-state index in [-0.39, 0.29) is 11.2 Å². The van der Waals surface area contributed by atoms with Crippen LogP contribution in [0.5, 0.6) is 5.75 Å². The molecule has 15 heavy (non-hydrogen) atoms. The molecule has 1 aliphatic carbocycles. The van der Waals surface area contributed by atoms with E-state index in [1.807, 2.05) is 26.0 Å². The zero-order chi connectivity index (χ0) is 11.2. The van der Waals surface area contributed by atoms with Gasteiger partial charge in [-0.25, -0.2) is 0 Å². The molecule has 0 saturated heterocycles. The molecule has 0 radical (unpaired) electrons. The molecule has 1 aliphatic rings. The summed E-state index contributed by atoms with van der Waals surface area (Å²) >= 11 is 3.43. The second kappa shape index (κ2) is 3.34. The lowest BCUT2D eigenvalue weighted by Gasteiger charge is -2.13. The van der Waals surface area contributed by atoms with E-state index < -0.39 is 0 Å². The number of carbonyl (C=O) groups excluding carboxylic acids is 1. The minimum absolute atomic E-state index is 0.215. The molecule has 0 amide bonds. The lowest BCUT2D eigenvalue weighted by molar-refractivity contribution is 0.0863. The van der Waals surface area contributed by atoms with E-state index in [4.69, 9.17) is 4.74 Å². The first-order valence-electron chi connectivity index (χ1n) is 4.87. The smallest absolute Gasteiger partial charge is 0.170 e. The van der Waals surface area contributed by atoms with Gasteiger partial charge >= 0.3 is 0 Å². The van der Waals surface area contributed by atoms with Crippen LogP contribution < -0.4 is 4.74 Å². The molecule has 0 bridgehead atoms. The Bertz CT molecular complexity index is 435. The first kappa shape index (κ1) is 10.7. The zero-order valence-corrected chi connectivity index (χ0v) is 10.6. The van der Waals surface area contributed by atoms with Crippen molar-refractivity contribution in [3.63, 3.8) is 0 Å². The number of benzene rings is 1. The lowest BCUT2D eigenvalue weighted by atomic mass is 9.89. The van der Waals surface area contributed by atoms with Crippen molar-refractivity contribution in [1.82, 2.24) is 0 Å². The van der Waals surface area contributed by atoms with Gasteiger partial charge in [0.05, 0.1) is 7.11 Å². The standard InChI is InChI=1S/C12H13BrO2/c1-12(2)6-7-4-8(15-3)5-9(13)10(7)11(12)14/h4-5H,6H2,1-3H3. The fourth-order valence-electron chi connectivity index (χ4n) is 2.04. The summed E-state index contributed by atoms with van der Waals surface area (Å²) in [5, 5.41) is 0. The van der Waals surface area contributed by atoms with E-state index in [0.29, 0.717) is 0 Å². The molecule has 80 valence electrons. The van der Waals surface area contributed by atoms with Crippen molar-refractivity contribution < 1.29 is 9.53 Å². The van der Waals surface area contributed by atoms with E-state index in [1.165, 1.54) is 0 Å². The zero-order valence-electron chi connectivity index (χ0n) is 9.06. The van der Waals surface area contributed by atoms with E-state index in [9.17, 15) is 4.79 Å². The molecular weight excluding hydrogens is 256 g/mol. The molecule has 0 saturated carbocycles. The molecule has 0 aromatic heterocycles. The van der Waals surface area contributed by atoms with Crippen molar-refractivity contribution in [3.05, 3.63) is 27.7 Å². The Kier molecular flexibility index (Phi) is 2.38. The third-order valence-corrected chi connectivity index (χ3v) is 3.48. The van der Waals surface area contributed by atoms with Gasteiger partial charge in [-0.1, -0.05) is 13.8 Å². The van der Waals surface area contributed by atoms with Crippen LogP contribution in [-0.2, 0) is 6.42 Å². The minimum Gasteiger partial charge on any atom is -0.497 e. The van der Waals surface area contributed by atoms with Crippen molar-refractivity contribution in [1.29, 1.82) is 0 Å². The largest absolute Gasteiger partial charge is 0.497 e. The number of halogens is 1. The van der Waals surface area contributed by atoms with Crippen LogP contribution in [0.1, 0.15) is 29.8 Å². The van der Waals surface area contributed by atoms with Crippen molar-refractivity contribution >= 4 is 21.7 Å². The highest BCUT2D eigenvalue weighted by Gasteiger charge is 2.39. The fourth-order valence-corrected chi connectivity index (χ4v) is 2.70. The maximum Gasteiger partial charge on any atom is 0.170 e. The van der Waals surface area contributed by atoms with Crippen LogP contribution in [0.25, 0.3) is 0 Å². The van der Waals surface area contributed by atoms with Gasteiger partial charge < -0.3 is 4.74 Å². The Hall–Kier alpha value is -0.830. The molecule has 2 rings (SSSR count). The Morgan fingerprint density at radius 1 is 1.40 bits per heavy atom. The van der Waals surface area contributed by atoms with E-state index in [0.717, 1.165) is 27.8 Å². The second-order valence-corrected chi connectivity index (χ2v) is 5.39. The van der Waals surface area contributed by atoms with Crippen molar-refractivity contribution in [2.45, 2.75) is 20.3 Å². The van der Waals surface area contributed by atoms with E-state index >= 15 is 0 Å². The molecule has 0 spiro atoms. The van der Waals surface area contributed by atoms with E-state index in [1.54, 1.807) is 7.11 Å². The number of hydrogen-bond donors (Lipinski definition) is 0. The first-order valence-corrected chi connectivity index (χ1v) is 5.66. The van der Waals surface area contributed by atoms with Gasteiger partial charge in [-0.2, -0.15) is 0 Å². The maximum atomic E-state index is 12.1. The number of ether oxygens (including phenoxy) is 1. The summed E-state index contributed by atoms with van der Waals surface area (Å²) in [5.74, 6) is 1.01. The van der Waals surface area contributed by atoms with Gasteiger partial charge in [0, 0.05) is 15.5 Å². The molecule has 3 heteroatoms. The number of Topliss-reactive ketones (excluding diaryl/α,β-unsaturated/α-hetero) is 1. The van der Waals surface area contributed by atoms with Crippen molar-refractivity contribution in [2.75, 3.05) is 7.11 Å². The molecule has 0 fully saturated rings.